The van der Waals surface area contributed by atoms with Crippen molar-refractivity contribution in [1.29, 1.82) is 0 Å². The zero-order valence-electron chi connectivity index (χ0n) is 12.6. The van der Waals surface area contributed by atoms with Gasteiger partial charge in [-0.3, -0.25) is 4.90 Å². The van der Waals surface area contributed by atoms with Gasteiger partial charge in [-0.25, -0.2) is 8.78 Å². The van der Waals surface area contributed by atoms with E-state index in [1.165, 1.54) is 17.7 Å². The van der Waals surface area contributed by atoms with E-state index in [1.54, 1.807) is 7.11 Å². The lowest BCUT2D eigenvalue weighted by atomic mass is 10.0. The number of nitrogens with zero attached hydrogens (tertiary/aromatic N) is 1. The fourth-order valence-corrected chi connectivity index (χ4v) is 3.16. The van der Waals surface area contributed by atoms with Crippen molar-refractivity contribution >= 4 is 0 Å². The largest absolute Gasteiger partial charge is 0.497 e. The number of likely N-dealkylation sites (tertiary alicyclic amines) is 1. The normalized spacial score (nSPS) is 18.6. The van der Waals surface area contributed by atoms with Crippen LogP contribution in [-0.4, -0.2) is 18.6 Å². The first-order valence-corrected chi connectivity index (χ1v) is 7.48. The molecule has 0 bridgehead atoms. The summed E-state index contributed by atoms with van der Waals surface area (Å²) in [5, 5.41) is 0. The molecule has 0 N–H and O–H groups in total. The predicted octanol–water partition coefficient (Wildman–Crippen LogP) is 4.31. The molecule has 1 atom stereocenters. The van der Waals surface area contributed by atoms with E-state index in [2.05, 4.69) is 17.0 Å². The molecule has 3 rings (SSSR count). The van der Waals surface area contributed by atoms with Crippen molar-refractivity contribution in [3.05, 3.63) is 65.2 Å². The highest BCUT2D eigenvalue weighted by Crippen LogP contribution is 2.34. The van der Waals surface area contributed by atoms with Gasteiger partial charge in [-0.05, 0) is 54.8 Å². The van der Waals surface area contributed by atoms with Crippen LogP contribution < -0.4 is 4.74 Å². The summed E-state index contributed by atoms with van der Waals surface area (Å²) in [7, 11) is 1.65. The highest BCUT2D eigenvalue weighted by molar-refractivity contribution is 5.30. The molecule has 0 spiro atoms. The third-order valence-corrected chi connectivity index (χ3v) is 4.17. The summed E-state index contributed by atoms with van der Waals surface area (Å²) in [6.45, 7) is 1.50. The Labute approximate surface area is 129 Å². The van der Waals surface area contributed by atoms with Crippen LogP contribution in [0.15, 0.2) is 42.5 Å². The summed E-state index contributed by atoms with van der Waals surface area (Å²) in [5.41, 5.74) is 1.90. The van der Waals surface area contributed by atoms with Crippen LogP contribution in [0.2, 0.25) is 0 Å². The number of halogens is 2. The topological polar surface area (TPSA) is 12.5 Å². The molecule has 0 aromatic heterocycles. The molecule has 2 aromatic rings. The van der Waals surface area contributed by atoms with Gasteiger partial charge in [0.25, 0.3) is 0 Å². The molecular weight excluding hydrogens is 284 g/mol. The lowest BCUT2D eigenvalue weighted by Gasteiger charge is -2.25. The zero-order valence-corrected chi connectivity index (χ0v) is 12.6. The Bertz CT molecular complexity index is 622. The number of hydrogen-bond donors (Lipinski definition) is 0. The fraction of sp³-hybridized carbons (Fsp3) is 0.333. The summed E-state index contributed by atoms with van der Waals surface area (Å²) >= 11 is 0. The molecule has 1 heterocycles. The molecule has 0 aliphatic carbocycles. The minimum absolute atomic E-state index is 0.289. The molecule has 1 saturated heterocycles. The van der Waals surface area contributed by atoms with Crippen molar-refractivity contribution in [3.63, 3.8) is 0 Å². The van der Waals surface area contributed by atoms with E-state index in [0.29, 0.717) is 12.1 Å². The average molecular weight is 303 g/mol. The standard InChI is InChI=1S/C18H19F2NO/c1-22-17-6-4-14(5-7-17)18-3-2-8-21(18)12-13-9-15(19)11-16(20)10-13/h4-7,9-11,18H,2-3,8,12H2,1H3/t18-/m1/s1. The van der Waals surface area contributed by atoms with Crippen LogP contribution in [-0.2, 0) is 6.54 Å². The summed E-state index contributed by atoms with van der Waals surface area (Å²) in [6.07, 6.45) is 2.15. The van der Waals surface area contributed by atoms with Crippen molar-refractivity contribution in [2.24, 2.45) is 0 Å². The Morgan fingerprint density at radius 3 is 2.41 bits per heavy atom. The molecule has 0 radical (unpaired) electrons. The Hall–Kier alpha value is -1.94. The number of hydrogen-bond acceptors (Lipinski definition) is 2. The zero-order chi connectivity index (χ0) is 15.5. The first kappa shape index (κ1) is 15.0. The molecule has 0 unspecified atom stereocenters. The van der Waals surface area contributed by atoms with E-state index in [0.717, 1.165) is 31.2 Å². The van der Waals surface area contributed by atoms with Gasteiger partial charge in [0.1, 0.15) is 17.4 Å². The average Bonchev–Trinajstić information content (AvgIpc) is 2.94. The molecule has 1 fully saturated rings. The second kappa shape index (κ2) is 6.44. The second-order valence-electron chi connectivity index (χ2n) is 5.68. The predicted molar refractivity (Wildman–Crippen MR) is 81.7 cm³/mol. The van der Waals surface area contributed by atoms with Gasteiger partial charge in [-0.2, -0.15) is 0 Å². The van der Waals surface area contributed by atoms with Crippen molar-refractivity contribution in [3.8, 4) is 5.75 Å². The summed E-state index contributed by atoms with van der Waals surface area (Å²) < 4.78 is 31.8. The Kier molecular flexibility index (Phi) is 4.39. The van der Waals surface area contributed by atoms with Crippen molar-refractivity contribution < 1.29 is 13.5 Å². The fourth-order valence-electron chi connectivity index (χ4n) is 3.16. The maximum Gasteiger partial charge on any atom is 0.126 e. The molecule has 0 amide bonds. The van der Waals surface area contributed by atoms with E-state index in [4.69, 9.17) is 4.74 Å². The van der Waals surface area contributed by atoms with Crippen LogP contribution in [0.25, 0.3) is 0 Å². The SMILES string of the molecule is COc1ccc([C@H]2CCCN2Cc2cc(F)cc(F)c2)cc1. The van der Waals surface area contributed by atoms with Gasteiger partial charge in [-0.15, -0.1) is 0 Å². The Morgan fingerprint density at radius 2 is 1.77 bits per heavy atom. The van der Waals surface area contributed by atoms with Crippen LogP contribution in [0, 0.1) is 11.6 Å². The first-order valence-electron chi connectivity index (χ1n) is 7.48. The molecular formula is C18H19F2NO. The summed E-state index contributed by atoms with van der Waals surface area (Å²) in [6, 6.07) is 12.0. The van der Waals surface area contributed by atoms with Crippen molar-refractivity contribution in [2.45, 2.75) is 25.4 Å². The molecule has 1 aliphatic heterocycles. The lowest BCUT2D eigenvalue weighted by Crippen LogP contribution is -2.22. The van der Waals surface area contributed by atoms with Crippen LogP contribution in [0.5, 0.6) is 5.75 Å². The highest BCUT2D eigenvalue weighted by atomic mass is 19.1. The Morgan fingerprint density at radius 1 is 1.09 bits per heavy atom. The minimum Gasteiger partial charge on any atom is -0.497 e. The summed E-state index contributed by atoms with van der Waals surface area (Å²) in [5.74, 6) is -0.203. The van der Waals surface area contributed by atoms with Crippen LogP contribution in [0.3, 0.4) is 0 Å². The molecule has 2 nitrogen and oxygen atoms in total. The van der Waals surface area contributed by atoms with E-state index in [-0.39, 0.29) is 6.04 Å². The molecule has 1 aliphatic rings. The Balaban J connectivity index is 1.77. The van der Waals surface area contributed by atoms with Crippen molar-refractivity contribution in [1.82, 2.24) is 4.90 Å². The number of ether oxygens (including phenoxy) is 1. The molecule has 116 valence electrons. The van der Waals surface area contributed by atoms with Crippen LogP contribution in [0.1, 0.15) is 30.0 Å². The maximum absolute atomic E-state index is 13.3. The highest BCUT2D eigenvalue weighted by Gasteiger charge is 2.26. The van der Waals surface area contributed by atoms with Gasteiger partial charge >= 0.3 is 0 Å². The second-order valence-corrected chi connectivity index (χ2v) is 5.68. The third-order valence-electron chi connectivity index (χ3n) is 4.17. The number of methoxy groups -OCH3 is 1. The van der Waals surface area contributed by atoms with E-state index in [9.17, 15) is 8.78 Å². The van der Waals surface area contributed by atoms with Gasteiger partial charge in [0.15, 0.2) is 0 Å². The maximum atomic E-state index is 13.3. The first-order chi connectivity index (χ1) is 10.7. The van der Waals surface area contributed by atoms with E-state index in [1.807, 2.05) is 12.1 Å². The molecule has 4 heteroatoms. The lowest BCUT2D eigenvalue weighted by molar-refractivity contribution is 0.247. The summed E-state index contributed by atoms with van der Waals surface area (Å²) in [4.78, 5) is 2.27. The van der Waals surface area contributed by atoms with Crippen LogP contribution in [0.4, 0.5) is 8.78 Å². The molecule has 0 saturated carbocycles. The number of rotatable bonds is 4. The number of benzene rings is 2. The van der Waals surface area contributed by atoms with Gasteiger partial charge in [0.05, 0.1) is 7.11 Å². The van der Waals surface area contributed by atoms with Gasteiger partial charge in [0, 0.05) is 18.7 Å². The van der Waals surface area contributed by atoms with Gasteiger partial charge in [-0.1, -0.05) is 12.1 Å². The van der Waals surface area contributed by atoms with Gasteiger partial charge < -0.3 is 4.74 Å². The minimum atomic E-state index is -0.518. The molecule has 2 aromatic carbocycles. The quantitative estimate of drug-likeness (QED) is 0.834. The van der Waals surface area contributed by atoms with E-state index < -0.39 is 11.6 Å². The van der Waals surface area contributed by atoms with Crippen LogP contribution >= 0.6 is 0 Å². The monoisotopic (exact) mass is 303 g/mol. The van der Waals surface area contributed by atoms with Crippen molar-refractivity contribution in [2.75, 3.05) is 13.7 Å². The molecule has 22 heavy (non-hydrogen) atoms. The van der Waals surface area contributed by atoms with Gasteiger partial charge in [0.2, 0.25) is 0 Å². The smallest absolute Gasteiger partial charge is 0.126 e. The third kappa shape index (κ3) is 3.28. The van der Waals surface area contributed by atoms with E-state index >= 15 is 0 Å².